The van der Waals surface area contributed by atoms with Crippen LogP contribution in [-0.2, 0) is 14.3 Å². The van der Waals surface area contributed by atoms with Gasteiger partial charge in [-0.25, -0.2) is 0 Å². The highest BCUT2D eigenvalue weighted by atomic mass is 16.5. The van der Waals surface area contributed by atoms with E-state index in [4.69, 9.17) is 4.74 Å². The molecule has 0 radical (unpaired) electrons. The molecule has 1 aliphatic heterocycles. The average molecular weight is 263 g/mol. The van der Waals surface area contributed by atoms with Gasteiger partial charge in [-0.15, -0.1) is 0 Å². The van der Waals surface area contributed by atoms with Gasteiger partial charge in [-0.3, -0.25) is 9.59 Å². The normalized spacial score (nSPS) is 29.9. The summed E-state index contributed by atoms with van der Waals surface area (Å²) in [5.74, 6) is -0.289. The first-order valence-electron chi connectivity index (χ1n) is 6.95. The zero-order valence-electron chi connectivity index (χ0n) is 11.4. The van der Waals surface area contributed by atoms with Crippen LogP contribution in [0.1, 0.15) is 32.6 Å². The molecular formula is C15H21NO3. The summed E-state index contributed by atoms with van der Waals surface area (Å²) in [4.78, 5) is 24.0. The van der Waals surface area contributed by atoms with Gasteiger partial charge < -0.3 is 10.1 Å². The molecule has 4 heteroatoms. The Morgan fingerprint density at radius 2 is 2.37 bits per heavy atom. The molecule has 104 valence electrons. The lowest BCUT2D eigenvalue weighted by Gasteiger charge is -2.39. The highest BCUT2D eigenvalue weighted by Gasteiger charge is 2.43. The minimum Gasteiger partial charge on any atom is -0.466 e. The second kappa shape index (κ2) is 6.04. The van der Waals surface area contributed by atoms with Crippen LogP contribution in [0.25, 0.3) is 0 Å². The van der Waals surface area contributed by atoms with Crippen molar-refractivity contribution in [3.63, 3.8) is 0 Å². The van der Waals surface area contributed by atoms with E-state index in [0.717, 1.165) is 25.8 Å². The zero-order chi connectivity index (χ0) is 13.7. The number of nitrogens with one attached hydrogen (secondary N) is 1. The summed E-state index contributed by atoms with van der Waals surface area (Å²) in [5.41, 5.74) is -0.411. The average Bonchev–Trinajstić information content (AvgIpc) is 2.40. The Morgan fingerprint density at radius 3 is 3.00 bits per heavy atom. The van der Waals surface area contributed by atoms with E-state index in [-0.39, 0.29) is 24.2 Å². The first kappa shape index (κ1) is 13.8. The summed E-state index contributed by atoms with van der Waals surface area (Å²) in [6, 6.07) is 0. The van der Waals surface area contributed by atoms with Crippen LogP contribution in [0, 0.1) is 11.3 Å². The fourth-order valence-electron chi connectivity index (χ4n) is 3.00. The maximum atomic E-state index is 12.1. The van der Waals surface area contributed by atoms with Gasteiger partial charge in [0.2, 0.25) is 5.91 Å². The van der Waals surface area contributed by atoms with E-state index in [2.05, 4.69) is 5.32 Å². The largest absolute Gasteiger partial charge is 0.466 e. The molecule has 1 fully saturated rings. The monoisotopic (exact) mass is 263 g/mol. The second-order valence-electron chi connectivity index (χ2n) is 5.19. The molecule has 0 spiro atoms. The van der Waals surface area contributed by atoms with Crippen LogP contribution in [0.4, 0.5) is 0 Å². The Labute approximate surface area is 113 Å². The fourth-order valence-corrected chi connectivity index (χ4v) is 3.00. The summed E-state index contributed by atoms with van der Waals surface area (Å²) in [5, 5.41) is 2.91. The molecule has 4 nitrogen and oxygen atoms in total. The number of hydrogen-bond acceptors (Lipinski definition) is 3. The molecule has 0 unspecified atom stereocenters. The van der Waals surface area contributed by atoms with Gasteiger partial charge in [0.05, 0.1) is 13.0 Å². The van der Waals surface area contributed by atoms with E-state index < -0.39 is 5.41 Å². The number of carbonyl (C=O) groups excluding carboxylic acids is 2. The van der Waals surface area contributed by atoms with E-state index >= 15 is 0 Å². The quantitative estimate of drug-likeness (QED) is 0.789. The molecule has 1 N–H and O–H groups in total. The van der Waals surface area contributed by atoms with Crippen molar-refractivity contribution in [3.05, 3.63) is 24.3 Å². The lowest BCUT2D eigenvalue weighted by molar-refractivity contribution is -0.147. The third kappa shape index (κ3) is 3.06. The van der Waals surface area contributed by atoms with Gasteiger partial charge in [-0.05, 0) is 26.2 Å². The zero-order valence-corrected chi connectivity index (χ0v) is 11.4. The number of allylic oxidation sites excluding steroid dienone is 4. The Hall–Kier alpha value is -1.58. The Bertz CT molecular complexity index is 414. The summed E-state index contributed by atoms with van der Waals surface area (Å²) in [7, 11) is 0. The van der Waals surface area contributed by atoms with Crippen LogP contribution < -0.4 is 5.32 Å². The van der Waals surface area contributed by atoms with Crippen molar-refractivity contribution < 1.29 is 14.3 Å². The number of esters is 1. The van der Waals surface area contributed by atoms with Gasteiger partial charge in [0.15, 0.2) is 0 Å². The number of amides is 1. The van der Waals surface area contributed by atoms with Crippen LogP contribution in [0.5, 0.6) is 0 Å². The molecule has 2 atom stereocenters. The van der Waals surface area contributed by atoms with E-state index in [9.17, 15) is 9.59 Å². The van der Waals surface area contributed by atoms with E-state index in [1.165, 1.54) is 0 Å². The molecule has 0 aromatic heterocycles. The third-order valence-electron chi connectivity index (χ3n) is 3.93. The maximum absolute atomic E-state index is 12.1. The van der Waals surface area contributed by atoms with Crippen LogP contribution in [0.15, 0.2) is 24.3 Å². The molecule has 0 bridgehead atoms. The molecule has 0 aromatic carbocycles. The number of carbonyl (C=O) groups is 2. The summed E-state index contributed by atoms with van der Waals surface area (Å²) >= 11 is 0. The van der Waals surface area contributed by atoms with Crippen molar-refractivity contribution in [2.75, 3.05) is 13.2 Å². The third-order valence-corrected chi connectivity index (χ3v) is 3.93. The molecule has 1 heterocycles. The Kier molecular flexibility index (Phi) is 4.40. The molecule has 1 aliphatic carbocycles. The van der Waals surface area contributed by atoms with Crippen LogP contribution >= 0.6 is 0 Å². The van der Waals surface area contributed by atoms with E-state index in [1.54, 1.807) is 6.92 Å². The van der Waals surface area contributed by atoms with Gasteiger partial charge >= 0.3 is 5.97 Å². The van der Waals surface area contributed by atoms with Gasteiger partial charge in [0, 0.05) is 17.9 Å². The summed E-state index contributed by atoms with van der Waals surface area (Å²) < 4.78 is 5.07. The minimum absolute atomic E-state index is 0.0653. The summed E-state index contributed by atoms with van der Waals surface area (Å²) in [6.07, 6.45) is 10.7. The summed E-state index contributed by atoms with van der Waals surface area (Å²) in [6.45, 7) is 2.92. The van der Waals surface area contributed by atoms with Gasteiger partial charge in [-0.1, -0.05) is 24.3 Å². The van der Waals surface area contributed by atoms with Crippen molar-refractivity contribution in [1.82, 2.24) is 5.32 Å². The number of rotatable bonds is 4. The highest BCUT2D eigenvalue weighted by molar-refractivity contribution is 5.82. The first-order valence-corrected chi connectivity index (χ1v) is 6.95. The molecule has 19 heavy (non-hydrogen) atoms. The lowest BCUT2D eigenvalue weighted by Crippen LogP contribution is -2.46. The van der Waals surface area contributed by atoms with Crippen molar-refractivity contribution in [2.45, 2.75) is 32.6 Å². The Morgan fingerprint density at radius 1 is 1.53 bits per heavy atom. The lowest BCUT2D eigenvalue weighted by atomic mass is 9.66. The van der Waals surface area contributed by atoms with Gasteiger partial charge in [-0.2, -0.15) is 0 Å². The molecule has 2 aliphatic rings. The van der Waals surface area contributed by atoms with E-state index in [1.807, 2.05) is 24.3 Å². The molecule has 1 saturated heterocycles. The molecule has 0 saturated carbocycles. The molecule has 1 amide bonds. The SMILES string of the molecule is CCOC(=O)C[C@@]1([C@H]2CCCNC2=O)C=CC=CC1. The second-order valence-corrected chi connectivity index (χ2v) is 5.19. The first-order chi connectivity index (χ1) is 9.18. The van der Waals surface area contributed by atoms with E-state index in [0.29, 0.717) is 6.61 Å². The molecule has 0 aromatic rings. The van der Waals surface area contributed by atoms with Crippen molar-refractivity contribution in [1.29, 1.82) is 0 Å². The smallest absolute Gasteiger partial charge is 0.306 e. The predicted octanol–water partition coefficient (Wildman–Crippen LogP) is 1.97. The Balaban J connectivity index is 2.19. The van der Waals surface area contributed by atoms with Crippen molar-refractivity contribution in [2.24, 2.45) is 11.3 Å². The number of hydrogen-bond donors (Lipinski definition) is 1. The number of ether oxygens (including phenoxy) is 1. The minimum atomic E-state index is -0.411. The number of piperidine rings is 1. The van der Waals surface area contributed by atoms with Crippen molar-refractivity contribution >= 4 is 11.9 Å². The maximum Gasteiger partial charge on any atom is 0.306 e. The van der Waals surface area contributed by atoms with Crippen LogP contribution in [-0.4, -0.2) is 25.0 Å². The highest BCUT2D eigenvalue weighted by Crippen LogP contribution is 2.43. The predicted molar refractivity (Wildman–Crippen MR) is 72.3 cm³/mol. The van der Waals surface area contributed by atoms with Crippen molar-refractivity contribution in [3.8, 4) is 0 Å². The molecular weight excluding hydrogens is 242 g/mol. The standard InChI is InChI=1S/C15H21NO3/c1-2-19-13(17)11-15(8-4-3-5-9-15)12-7-6-10-16-14(12)18/h3-5,8,12H,2,6-7,9-11H2,1H3,(H,16,18)/t12-,15+/m0/s1. The van der Waals surface area contributed by atoms with Crippen LogP contribution in [0.3, 0.4) is 0 Å². The fraction of sp³-hybridized carbons (Fsp3) is 0.600. The van der Waals surface area contributed by atoms with Crippen LogP contribution in [0.2, 0.25) is 0 Å². The van der Waals surface area contributed by atoms with Gasteiger partial charge in [0.1, 0.15) is 0 Å². The van der Waals surface area contributed by atoms with Gasteiger partial charge in [0.25, 0.3) is 0 Å². The molecule has 2 rings (SSSR count). The topological polar surface area (TPSA) is 55.4 Å².